The molecule has 0 spiro atoms. The number of carbonyl (C=O) groups is 3. The van der Waals surface area contributed by atoms with Crippen molar-refractivity contribution >= 4 is 23.5 Å². The quantitative estimate of drug-likeness (QED) is 0.809. The maximum atomic E-state index is 13.6. The fourth-order valence-corrected chi connectivity index (χ4v) is 2.81. The van der Waals surface area contributed by atoms with Gasteiger partial charge in [-0.2, -0.15) is 5.26 Å². The molecule has 1 fully saturated rings. The number of amides is 4. The average molecular weight is 366 g/mol. The Morgan fingerprint density at radius 3 is 2.52 bits per heavy atom. The Bertz CT molecular complexity index is 968. The third-order valence-corrected chi connectivity index (χ3v) is 4.32. The van der Waals surface area contributed by atoms with Crippen LogP contribution in [0, 0.1) is 17.1 Å². The van der Waals surface area contributed by atoms with Crippen molar-refractivity contribution in [1.82, 2.24) is 10.2 Å². The first-order valence-corrected chi connectivity index (χ1v) is 8.04. The van der Waals surface area contributed by atoms with Crippen LogP contribution in [0.3, 0.4) is 0 Å². The Kier molecular flexibility index (Phi) is 4.60. The maximum absolute atomic E-state index is 13.6. The summed E-state index contributed by atoms with van der Waals surface area (Å²) in [6, 6.07) is 13.0. The van der Waals surface area contributed by atoms with E-state index in [4.69, 9.17) is 5.26 Å². The molecule has 0 radical (unpaired) electrons. The lowest BCUT2D eigenvalue weighted by Crippen LogP contribution is -2.42. The highest BCUT2D eigenvalue weighted by Crippen LogP contribution is 2.29. The first-order chi connectivity index (χ1) is 12.8. The largest absolute Gasteiger partial charge is 0.325 e. The van der Waals surface area contributed by atoms with Crippen LogP contribution < -0.4 is 10.6 Å². The van der Waals surface area contributed by atoms with Crippen LogP contribution in [0.2, 0.25) is 0 Å². The molecule has 1 unspecified atom stereocenters. The summed E-state index contributed by atoms with van der Waals surface area (Å²) >= 11 is 0. The van der Waals surface area contributed by atoms with Gasteiger partial charge in [-0.1, -0.05) is 24.3 Å². The number of para-hydroxylation sites is 1. The predicted octanol–water partition coefficient (Wildman–Crippen LogP) is 2.10. The van der Waals surface area contributed by atoms with Crippen molar-refractivity contribution in [3.8, 4) is 6.07 Å². The maximum Gasteiger partial charge on any atom is 0.325 e. The monoisotopic (exact) mass is 366 g/mol. The van der Waals surface area contributed by atoms with Gasteiger partial charge in [-0.15, -0.1) is 0 Å². The van der Waals surface area contributed by atoms with Gasteiger partial charge >= 0.3 is 6.03 Å². The molecule has 1 atom stereocenters. The van der Waals surface area contributed by atoms with Crippen molar-refractivity contribution in [3.05, 3.63) is 65.5 Å². The van der Waals surface area contributed by atoms with E-state index in [0.29, 0.717) is 11.1 Å². The molecule has 3 rings (SSSR count). The van der Waals surface area contributed by atoms with E-state index >= 15 is 0 Å². The third kappa shape index (κ3) is 3.35. The van der Waals surface area contributed by atoms with E-state index in [1.165, 1.54) is 37.3 Å². The van der Waals surface area contributed by atoms with Crippen LogP contribution in [-0.2, 0) is 15.1 Å². The third-order valence-electron chi connectivity index (χ3n) is 4.32. The number of halogens is 1. The molecular weight excluding hydrogens is 351 g/mol. The summed E-state index contributed by atoms with van der Waals surface area (Å²) in [4.78, 5) is 37.9. The lowest BCUT2D eigenvalue weighted by molar-refractivity contribution is -0.133. The second-order valence-electron chi connectivity index (χ2n) is 6.16. The van der Waals surface area contributed by atoms with Crippen LogP contribution in [0.1, 0.15) is 18.1 Å². The Morgan fingerprint density at radius 2 is 1.89 bits per heavy atom. The SMILES string of the molecule is CC1(c2ccc(C#N)cc2)NC(=O)N(CC(=O)Nc2ccccc2F)C1=O. The molecule has 1 saturated heterocycles. The minimum Gasteiger partial charge on any atom is -0.322 e. The highest BCUT2D eigenvalue weighted by molar-refractivity contribution is 6.10. The zero-order valence-corrected chi connectivity index (χ0v) is 14.3. The molecule has 4 amide bonds. The van der Waals surface area contributed by atoms with E-state index in [9.17, 15) is 18.8 Å². The van der Waals surface area contributed by atoms with Crippen LogP contribution in [0.15, 0.2) is 48.5 Å². The van der Waals surface area contributed by atoms with E-state index in [-0.39, 0.29) is 5.69 Å². The van der Waals surface area contributed by atoms with Gasteiger partial charge in [0, 0.05) is 0 Å². The van der Waals surface area contributed by atoms with Crippen molar-refractivity contribution in [1.29, 1.82) is 5.26 Å². The summed E-state index contributed by atoms with van der Waals surface area (Å²) < 4.78 is 13.6. The number of nitriles is 1. The number of anilines is 1. The first-order valence-electron chi connectivity index (χ1n) is 8.04. The zero-order valence-electron chi connectivity index (χ0n) is 14.3. The number of nitrogens with one attached hydrogen (secondary N) is 2. The van der Waals surface area contributed by atoms with E-state index in [2.05, 4.69) is 10.6 Å². The Morgan fingerprint density at radius 1 is 1.22 bits per heavy atom. The summed E-state index contributed by atoms with van der Waals surface area (Å²) in [5.41, 5.74) is -0.495. The second-order valence-corrected chi connectivity index (χ2v) is 6.16. The van der Waals surface area contributed by atoms with Crippen LogP contribution in [0.25, 0.3) is 0 Å². The van der Waals surface area contributed by atoms with Crippen LogP contribution in [0.5, 0.6) is 0 Å². The minimum absolute atomic E-state index is 0.0376. The molecule has 0 bridgehead atoms. The van der Waals surface area contributed by atoms with Crippen LogP contribution in [-0.4, -0.2) is 29.3 Å². The molecule has 2 N–H and O–H groups in total. The van der Waals surface area contributed by atoms with Gasteiger partial charge in [0.15, 0.2) is 0 Å². The average Bonchev–Trinajstić information content (AvgIpc) is 2.88. The summed E-state index contributed by atoms with van der Waals surface area (Å²) in [7, 11) is 0. The van der Waals surface area contributed by atoms with E-state index in [1.54, 1.807) is 18.2 Å². The highest BCUT2D eigenvalue weighted by Gasteiger charge is 2.49. The van der Waals surface area contributed by atoms with Crippen LogP contribution in [0.4, 0.5) is 14.9 Å². The normalized spacial score (nSPS) is 18.8. The van der Waals surface area contributed by atoms with Gasteiger partial charge in [-0.25, -0.2) is 9.18 Å². The van der Waals surface area contributed by atoms with Gasteiger partial charge in [-0.3, -0.25) is 14.5 Å². The molecule has 27 heavy (non-hydrogen) atoms. The van der Waals surface area contributed by atoms with Gasteiger partial charge in [0.1, 0.15) is 17.9 Å². The summed E-state index contributed by atoms with van der Waals surface area (Å²) in [5, 5.41) is 13.8. The minimum atomic E-state index is -1.36. The number of nitrogens with zero attached hydrogens (tertiary/aromatic N) is 2. The molecule has 7 nitrogen and oxygen atoms in total. The molecule has 1 aliphatic heterocycles. The standard InChI is InChI=1S/C19H15FN4O3/c1-19(13-8-6-12(10-21)7-9-13)17(26)24(18(27)23-19)11-16(25)22-15-5-3-2-4-14(15)20/h2-9H,11H2,1H3,(H,22,25)(H,23,27). The van der Waals surface area contributed by atoms with Gasteiger partial charge in [0.25, 0.3) is 5.91 Å². The first kappa shape index (κ1) is 18.1. The van der Waals surface area contributed by atoms with E-state index < -0.39 is 35.7 Å². The number of urea groups is 1. The van der Waals surface area contributed by atoms with Crippen molar-refractivity contribution in [2.75, 3.05) is 11.9 Å². The highest BCUT2D eigenvalue weighted by atomic mass is 19.1. The number of imide groups is 1. The smallest absolute Gasteiger partial charge is 0.322 e. The molecule has 8 heteroatoms. The van der Waals surface area contributed by atoms with Gasteiger partial charge in [0.05, 0.1) is 17.3 Å². The lowest BCUT2D eigenvalue weighted by atomic mass is 9.91. The lowest BCUT2D eigenvalue weighted by Gasteiger charge is -2.22. The Labute approximate surface area is 154 Å². The molecule has 1 heterocycles. The fourth-order valence-electron chi connectivity index (χ4n) is 2.81. The number of benzene rings is 2. The van der Waals surface area contributed by atoms with E-state index in [0.717, 1.165) is 4.90 Å². The van der Waals surface area contributed by atoms with Crippen molar-refractivity contribution in [3.63, 3.8) is 0 Å². The fraction of sp³-hybridized carbons (Fsp3) is 0.158. The molecule has 1 aliphatic rings. The molecule has 136 valence electrons. The van der Waals surface area contributed by atoms with Gasteiger partial charge in [-0.05, 0) is 36.8 Å². The molecular formula is C19H15FN4O3. The van der Waals surface area contributed by atoms with Crippen molar-refractivity contribution in [2.24, 2.45) is 0 Å². The Hall–Kier alpha value is -3.73. The zero-order chi connectivity index (χ0) is 19.6. The number of rotatable bonds is 4. The van der Waals surface area contributed by atoms with Crippen molar-refractivity contribution in [2.45, 2.75) is 12.5 Å². The predicted molar refractivity (Wildman–Crippen MR) is 93.8 cm³/mol. The number of carbonyl (C=O) groups excluding carboxylic acids is 3. The molecule has 0 aromatic heterocycles. The molecule has 0 aliphatic carbocycles. The molecule has 2 aromatic rings. The second kappa shape index (κ2) is 6.88. The molecule has 2 aromatic carbocycles. The summed E-state index contributed by atoms with van der Waals surface area (Å²) in [6.45, 7) is 0.967. The number of hydrogen-bond acceptors (Lipinski definition) is 4. The molecule has 0 saturated carbocycles. The van der Waals surface area contributed by atoms with Crippen LogP contribution >= 0.6 is 0 Å². The van der Waals surface area contributed by atoms with Crippen molar-refractivity contribution < 1.29 is 18.8 Å². The number of hydrogen-bond donors (Lipinski definition) is 2. The van der Waals surface area contributed by atoms with E-state index in [1.807, 2.05) is 6.07 Å². The topological polar surface area (TPSA) is 102 Å². The van der Waals surface area contributed by atoms with Gasteiger partial charge < -0.3 is 10.6 Å². The Balaban J connectivity index is 1.76. The summed E-state index contributed by atoms with van der Waals surface area (Å²) in [6.07, 6.45) is 0. The van der Waals surface area contributed by atoms with Gasteiger partial charge in [0.2, 0.25) is 5.91 Å². The summed E-state index contributed by atoms with van der Waals surface area (Å²) in [5.74, 6) is -1.93.